The monoisotopic (exact) mass is 383 g/mol. The second-order valence-corrected chi connectivity index (χ2v) is 8.47. The van der Waals surface area contributed by atoms with Gasteiger partial charge >= 0.3 is 0 Å². The second-order valence-electron chi connectivity index (χ2n) is 7.41. The van der Waals surface area contributed by atoms with E-state index in [0.717, 1.165) is 11.4 Å². The molecule has 27 heavy (non-hydrogen) atoms. The molecule has 1 aromatic rings. The predicted octanol–water partition coefficient (Wildman–Crippen LogP) is 2.61. The van der Waals surface area contributed by atoms with Crippen LogP contribution in [0.2, 0.25) is 0 Å². The van der Waals surface area contributed by atoms with Crippen molar-refractivity contribution in [2.45, 2.75) is 25.8 Å². The van der Waals surface area contributed by atoms with Crippen LogP contribution in [0.1, 0.15) is 25.1 Å². The van der Waals surface area contributed by atoms with Crippen molar-refractivity contribution in [3.05, 3.63) is 35.2 Å². The maximum Gasteiger partial charge on any atom is 0.299 e. The standard InChI is InChI=1S/C21H25N3O2S/c1-21(2,22(3)4)12-11-18(25)23-13-14-24(19(26)15-23)20-10-9-17(27-20)16-7-5-6-8-16/h5,7-10H,6,13-15H2,1-4H3. The second kappa shape index (κ2) is 7.71. The number of amides is 2. The van der Waals surface area contributed by atoms with Gasteiger partial charge in [0, 0.05) is 18.0 Å². The molecule has 1 fully saturated rings. The SMILES string of the molecule is CN(C)C(C)(C)C#CC(=O)N1CCN(c2ccc(C3=CCC=C3)s2)C(=O)C1. The topological polar surface area (TPSA) is 43.9 Å². The summed E-state index contributed by atoms with van der Waals surface area (Å²) in [7, 11) is 3.85. The van der Waals surface area contributed by atoms with Crippen molar-refractivity contribution in [3.8, 4) is 11.8 Å². The molecule has 1 saturated heterocycles. The molecule has 6 heteroatoms. The Bertz CT molecular complexity index is 867. The highest BCUT2D eigenvalue weighted by atomic mass is 32.1. The Morgan fingerprint density at radius 2 is 2.04 bits per heavy atom. The van der Waals surface area contributed by atoms with Crippen LogP contribution in [-0.2, 0) is 9.59 Å². The van der Waals surface area contributed by atoms with Gasteiger partial charge < -0.3 is 9.80 Å². The molecule has 0 N–H and O–H groups in total. The molecule has 0 aromatic carbocycles. The summed E-state index contributed by atoms with van der Waals surface area (Å²) < 4.78 is 0. The average Bonchev–Trinajstić information content (AvgIpc) is 3.30. The van der Waals surface area contributed by atoms with Gasteiger partial charge in [0.1, 0.15) is 6.54 Å². The van der Waals surface area contributed by atoms with Gasteiger partial charge in [0.15, 0.2) is 0 Å². The summed E-state index contributed by atoms with van der Waals surface area (Å²) in [6, 6.07) is 4.04. The number of anilines is 1. The smallest absolute Gasteiger partial charge is 0.299 e. The number of thiophene rings is 1. The van der Waals surface area contributed by atoms with Gasteiger partial charge in [0.05, 0.1) is 10.5 Å². The lowest BCUT2D eigenvalue weighted by Crippen LogP contribution is -2.52. The number of allylic oxidation sites excluding steroid dienone is 4. The maximum atomic E-state index is 12.6. The first kappa shape index (κ1) is 19.4. The number of hydrogen-bond donors (Lipinski definition) is 0. The summed E-state index contributed by atoms with van der Waals surface area (Å²) in [4.78, 5) is 31.4. The van der Waals surface area contributed by atoms with Crippen LogP contribution >= 0.6 is 11.3 Å². The average molecular weight is 384 g/mol. The molecule has 3 rings (SSSR count). The molecular formula is C21H25N3O2S. The minimum Gasteiger partial charge on any atom is -0.321 e. The summed E-state index contributed by atoms with van der Waals surface area (Å²) in [5.74, 6) is 5.35. The van der Waals surface area contributed by atoms with Crippen LogP contribution in [0.25, 0.3) is 5.57 Å². The lowest BCUT2D eigenvalue weighted by Gasteiger charge is -2.32. The lowest BCUT2D eigenvalue weighted by atomic mass is 10.1. The minimum absolute atomic E-state index is 0.0624. The Balaban J connectivity index is 1.64. The molecule has 5 nitrogen and oxygen atoms in total. The molecule has 2 heterocycles. The first-order chi connectivity index (χ1) is 12.8. The molecule has 1 aromatic heterocycles. The highest BCUT2D eigenvalue weighted by Crippen LogP contribution is 2.34. The molecule has 0 unspecified atom stereocenters. The van der Waals surface area contributed by atoms with Gasteiger partial charge in [-0.05, 0) is 58.0 Å². The van der Waals surface area contributed by atoms with E-state index in [9.17, 15) is 9.59 Å². The Labute approximate surface area is 164 Å². The fourth-order valence-corrected chi connectivity index (χ4v) is 3.82. The molecule has 1 aliphatic heterocycles. The third-order valence-electron chi connectivity index (χ3n) is 5.01. The molecule has 0 spiro atoms. The zero-order valence-electron chi connectivity index (χ0n) is 16.3. The Morgan fingerprint density at radius 1 is 1.26 bits per heavy atom. The van der Waals surface area contributed by atoms with Crippen LogP contribution in [0, 0.1) is 11.8 Å². The summed E-state index contributed by atoms with van der Waals surface area (Å²) in [5, 5.41) is 0.933. The number of carbonyl (C=O) groups excluding carboxylic acids is 2. The highest BCUT2D eigenvalue weighted by molar-refractivity contribution is 7.17. The van der Waals surface area contributed by atoms with E-state index >= 15 is 0 Å². The van der Waals surface area contributed by atoms with Crippen LogP contribution in [0.4, 0.5) is 5.00 Å². The first-order valence-electron chi connectivity index (χ1n) is 9.05. The molecule has 1 aliphatic carbocycles. The van der Waals surface area contributed by atoms with Crippen molar-refractivity contribution < 1.29 is 9.59 Å². The van der Waals surface area contributed by atoms with Crippen molar-refractivity contribution >= 4 is 33.7 Å². The lowest BCUT2D eigenvalue weighted by molar-refractivity contribution is -0.132. The number of nitrogens with zero attached hydrogens (tertiary/aromatic N) is 3. The molecule has 142 valence electrons. The van der Waals surface area contributed by atoms with Crippen LogP contribution in [0.5, 0.6) is 0 Å². The number of piperazine rings is 1. The van der Waals surface area contributed by atoms with E-state index in [4.69, 9.17) is 0 Å². The van der Waals surface area contributed by atoms with E-state index in [0.29, 0.717) is 13.1 Å². The molecule has 0 radical (unpaired) electrons. The Hall–Kier alpha value is -2.36. The van der Waals surface area contributed by atoms with Crippen LogP contribution in [-0.4, -0.2) is 60.9 Å². The van der Waals surface area contributed by atoms with Gasteiger partial charge in [0.25, 0.3) is 5.91 Å². The largest absolute Gasteiger partial charge is 0.321 e. The third kappa shape index (κ3) is 4.32. The third-order valence-corrected chi connectivity index (χ3v) is 6.17. The van der Waals surface area contributed by atoms with Crippen molar-refractivity contribution in [1.29, 1.82) is 0 Å². The van der Waals surface area contributed by atoms with Crippen molar-refractivity contribution in [3.63, 3.8) is 0 Å². The zero-order chi connectivity index (χ0) is 19.6. The van der Waals surface area contributed by atoms with Gasteiger partial charge in [-0.3, -0.25) is 14.5 Å². The molecular weight excluding hydrogens is 358 g/mol. The van der Waals surface area contributed by atoms with E-state index in [1.165, 1.54) is 15.4 Å². The summed E-state index contributed by atoms with van der Waals surface area (Å²) >= 11 is 1.62. The van der Waals surface area contributed by atoms with Crippen LogP contribution in [0.3, 0.4) is 0 Å². The van der Waals surface area contributed by atoms with Crippen molar-refractivity contribution in [1.82, 2.24) is 9.80 Å². The maximum absolute atomic E-state index is 12.6. The van der Waals surface area contributed by atoms with Crippen LogP contribution in [0.15, 0.2) is 30.4 Å². The van der Waals surface area contributed by atoms with Crippen molar-refractivity contribution in [2.24, 2.45) is 0 Å². The summed E-state index contributed by atoms with van der Waals surface area (Å²) in [6.45, 7) is 4.99. The zero-order valence-corrected chi connectivity index (χ0v) is 17.1. The van der Waals surface area contributed by atoms with Gasteiger partial charge in [-0.2, -0.15) is 0 Å². The van der Waals surface area contributed by atoms with E-state index in [1.807, 2.05) is 38.9 Å². The van der Waals surface area contributed by atoms with Crippen molar-refractivity contribution in [2.75, 3.05) is 38.6 Å². The van der Waals surface area contributed by atoms with E-state index in [1.54, 1.807) is 16.2 Å². The van der Waals surface area contributed by atoms with E-state index in [2.05, 4.69) is 36.1 Å². The number of carbonyl (C=O) groups is 2. The first-order valence-corrected chi connectivity index (χ1v) is 9.86. The molecule has 2 amide bonds. The highest BCUT2D eigenvalue weighted by Gasteiger charge is 2.28. The Morgan fingerprint density at radius 3 is 2.67 bits per heavy atom. The Kier molecular flexibility index (Phi) is 5.54. The van der Waals surface area contributed by atoms with E-state index < -0.39 is 5.54 Å². The summed E-state index contributed by atoms with van der Waals surface area (Å²) in [5.41, 5.74) is 0.824. The number of rotatable bonds is 3. The minimum atomic E-state index is -0.391. The fraction of sp³-hybridized carbons (Fsp3) is 0.429. The summed E-state index contributed by atoms with van der Waals surface area (Å²) in [6.07, 6.45) is 7.39. The molecule has 2 aliphatic rings. The predicted molar refractivity (Wildman–Crippen MR) is 111 cm³/mol. The van der Waals surface area contributed by atoms with Gasteiger partial charge in [0.2, 0.25) is 5.91 Å². The van der Waals surface area contributed by atoms with Crippen LogP contribution < -0.4 is 4.90 Å². The quantitative estimate of drug-likeness (QED) is 0.754. The van der Waals surface area contributed by atoms with Gasteiger partial charge in [-0.25, -0.2) is 0 Å². The van der Waals surface area contributed by atoms with Gasteiger partial charge in [-0.15, -0.1) is 11.3 Å². The molecule has 0 atom stereocenters. The molecule has 0 saturated carbocycles. The van der Waals surface area contributed by atoms with E-state index in [-0.39, 0.29) is 18.4 Å². The van der Waals surface area contributed by atoms with Gasteiger partial charge in [-0.1, -0.05) is 24.1 Å². The normalized spacial score (nSPS) is 17.2. The molecule has 0 bridgehead atoms. The fourth-order valence-electron chi connectivity index (χ4n) is 2.75. The number of hydrogen-bond acceptors (Lipinski definition) is 4.